The molecule has 1 N–H and O–H groups in total. The summed E-state index contributed by atoms with van der Waals surface area (Å²) in [5.41, 5.74) is 2.26. The molecule has 0 saturated heterocycles. The van der Waals surface area contributed by atoms with Crippen molar-refractivity contribution in [3.8, 4) is 22.6 Å². The van der Waals surface area contributed by atoms with Gasteiger partial charge < -0.3 is 9.52 Å². The van der Waals surface area contributed by atoms with E-state index >= 15 is 0 Å². The zero-order valence-electron chi connectivity index (χ0n) is 12.2. The Labute approximate surface area is 138 Å². The largest absolute Gasteiger partial charge is 0.481 e. The maximum Gasteiger partial charge on any atom is 0.303 e. The second-order valence-electron chi connectivity index (χ2n) is 5.02. The number of aromatic nitrogens is 1. The molecule has 116 valence electrons. The van der Waals surface area contributed by atoms with E-state index in [-0.39, 0.29) is 12.8 Å². The van der Waals surface area contributed by atoms with Crippen LogP contribution in [0.1, 0.15) is 12.3 Å². The van der Waals surface area contributed by atoms with Crippen LogP contribution in [0.5, 0.6) is 0 Å². The van der Waals surface area contributed by atoms with Gasteiger partial charge in [-0.3, -0.25) is 4.79 Å². The molecular weight excluding hydrogens is 314 g/mol. The number of halogens is 1. The highest BCUT2D eigenvalue weighted by Gasteiger charge is 2.19. The molecule has 0 aliphatic heterocycles. The third kappa shape index (κ3) is 3.43. The molecule has 0 saturated carbocycles. The second kappa shape index (κ2) is 6.67. The first-order valence-corrected chi connectivity index (χ1v) is 7.55. The maximum atomic E-state index is 10.8. The third-order valence-corrected chi connectivity index (χ3v) is 3.72. The topological polar surface area (TPSA) is 63.3 Å². The predicted molar refractivity (Wildman–Crippen MR) is 88.3 cm³/mol. The minimum atomic E-state index is -0.885. The molecule has 23 heavy (non-hydrogen) atoms. The summed E-state index contributed by atoms with van der Waals surface area (Å²) in [6, 6.07) is 17.0. The van der Waals surface area contributed by atoms with Crippen LogP contribution in [0.2, 0.25) is 5.02 Å². The number of aliphatic carboxylic acids is 1. The van der Waals surface area contributed by atoms with Gasteiger partial charge in [-0.05, 0) is 6.07 Å². The quantitative estimate of drug-likeness (QED) is 0.739. The molecule has 0 atom stereocenters. The zero-order valence-corrected chi connectivity index (χ0v) is 13.0. The van der Waals surface area contributed by atoms with Gasteiger partial charge in [-0.2, -0.15) is 0 Å². The molecule has 0 bridgehead atoms. The number of carbonyl (C=O) groups is 1. The summed E-state index contributed by atoms with van der Waals surface area (Å²) in [5, 5.41) is 9.41. The van der Waals surface area contributed by atoms with E-state index in [0.29, 0.717) is 22.4 Å². The summed E-state index contributed by atoms with van der Waals surface area (Å²) >= 11 is 6.28. The molecule has 0 fully saturated rings. The van der Waals surface area contributed by atoms with E-state index in [1.165, 1.54) is 0 Å². The van der Waals surface area contributed by atoms with Gasteiger partial charge in [-0.25, -0.2) is 4.98 Å². The average Bonchev–Trinajstić information content (AvgIpc) is 2.98. The molecule has 2 aromatic carbocycles. The van der Waals surface area contributed by atoms with Crippen LogP contribution >= 0.6 is 11.6 Å². The summed E-state index contributed by atoms with van der Waals surface area (Å²) in [7, 11) is 0. The Balaban J connectivity index is 2.09. The summed E-state index contributed by atoms with van der Waals surface area (Å²) < 4.78 is 5.83. The van der Waals surface area contributed by atoms with Crippen LogP contribution in [0.3, 0.4) is 0 Å². The van der Waals surface area contributed by atoms with Crippen molar-refractivity contribution in [2.24, 2.45) is 0 Å². The number of rotatable bonds is 5. The first-order valence-electron chi connectivity index (χ1n) is 7.17. The molecule has 1 aromatic heterocycles. The minimum absolute atomic E-state index is 0.0310. The first kappa shape index (κ1) is 15.3. The highest BCUT2D eigenvalue weighted by atomic mass is 35.5. The second-order valence-corrected chi connectivity index (χ2v) is 5.43. The van der Waals surface area contributed by atoms with Crippen LogP contribution in [-0.4, -0.2) is 16.1 Å². The van der Waals surface area contributed by atoms with E-state index < -0.39 is 5.97 Å². The molecule has 0 aliphatic rings. The van der Waals surface area contributed by atoms with Crippen LogP contribution in [0.15, 0.2) is 59.0 Å². The minimum Gasteiger partial charge on any atom is -0.481 e. The van der Waals surface area contributed by atoms with Gasteiger partial charge in [-0.15, -0.1) is 0 Å². The highest BCUT2D eigenvalue weighted by molar-refractivity contribution is 6.33. The number of aryl methyl sites for hydroxylation is 1. The van der Waals surface area contributed by atoms with Gasteiger partial charge in [-0.1, -0.05) is 60.1 Å². The standard InChI is InChI=1S/C18H14ClNO3/c19-14-9-5-4-8-13(14)17-18(12-6-2-1-3-7-12)23-15(20-17)10-11-16(21)22/h1-9H,10-11H2,(H,21,22). The molecule has 4 nitrogen and oxygen atoms in total. The van der Waals surface area contributed by atoms with Crippen LogP contribution in [0.4, 0.5) is 0 Å². The lowest BCUT2D eigenvalue weighted by atomic mass is 10.1. The van der Waals surface area contributed by atoms with Gasteiger partial charge >= 0.3 is 5.97 Å². The lowest BCUT2D eigenvalue weighted by molar-refractivity contribution is -0.137. The summed E-state index contributed by atoms with van der Waals surface area (Å²) in [6.45, 7) is 0. The monoisotopic (exact) mass is 327 g/mol. The Hall–Kier alpha value is -2.59. The number of hydrogen-bond donors (Lipinski definition) is 1. The van der Waals surface area contributed by atoms with Crippen LogP contribution in [0, 0.1) is 0 Å². The molecule has 0 radical (unpaired) electrons. The molecule has 0 amide bonds. The third-order valence-electron chi connectivity index (χ3n) is 3.39. The molecule has 0 unspecified atom stereocenters. The van der Waals surface area contributed by atoms with E-state index in [1.807, 2.05) is 48.5 Å². The van der Waals surface area contributed by atoms with Crippen molar-refractivity contribution < 1.29 is 14.3 Å². The Bertz CT molecular complexity index is 827. The molecule has 0 spiro atoms. The van der Waals surface area contributed by atoms with E-state index in [9.17, 15) is 4.79 Å². The van der Waals surface area contributed by atoms with Crippen molar-refractivity contribution in [2.75, 3.05) is 0 Å². The lowest BCUT2D eigenvalue weighted by Gasteiger charge is -2.03. The van der Waals surface area contributed by atoms with Gasteiger partial charge in [0.15, 0.2) is 11.7 Å². The zero-order chi connectivity index (χ0) is 16.2. The summed E-state index contributed by atoms with van der Waals surface area (Å²) in [4.78, 5) is 15.2. The molecule has 5 heteroatoms. The van der Waals surface area contributed by atoms with E-state index in [4.69, 9.17) is 21.1 Å². The molecule has 3 aromatic rings. The number of benzene rings is 2. The number of oxazole rings is 1. The SMILES string of the molecule is O=C(O)CCc1nc(-c2ccccc2Cl)c(-c2ccccc2)o1. The number of hydrogen-bond acceptors (Lipinski definition) is 3. The number of carboxylic acids is 1. The fourth-order valence-electron chi connectivity index (χ4n) is 2.31. The van der Waals surface area contributed by atoms with Gasteiger partial charge in [0.1, 0.15) is 5.69 Å². The Kier molecular flexibility index (Phi) is 4.44. The lowest BCUT2D eigenvalue weighted by Crippen LogP contribution is -1.97. The van der Waals surface area contributed by atoms with Gasteiger partial charge in [0.05, 0.1) is 11.4 Å². The van der Waals surface area contributed by atoms with Crippen molar-refractivity contribution in [1.29, 1.82) is 0 Å². The van der Waals surface area contributed by atoms with Crippen molar-refractivity contribution in [3.63, 3.8) is 0 Å². The maximum absolute atomic E-state index is 10.8. The predicted octanol–water partition coefficient (Wildman–Crippen LogP) is 4.68. The normalized spacial score (nSPS) is 10.7. The fourth-order valence-corrected chi connectivity index (χ4v) is 2.53. The van der Waals surface area contributed by atoms with Crippen molar-refractivity contribution in [3.05, 3.63) is 65.5 Å². The smallest absolute Gasteiger partial charge is 0.303 e. The van der Waals surface area contributed by atoms with E-state index in [0.717, 1.165) is 11.1 Å². The Morgan fingerprint density at radius 3 is 2.48 bits per heavy atom. The van der Waals surface area contributed by atoms with Crippen LogP contribution in [-0.2, 0) is 11.2 Å². The van der Waals surface area contributed by atoms with Gasteiger partial charge in [0, 0.05) is 17.5 Å². The fraction of sp³-hybridized carbons (Fsp3) is 0.111. The van der Waals surface area contributed by atoms with Gasteiger partial charge in [0.25, 0.3) is 0 Å². The molecule has 1 heterocycles. The molecule has 3 rings (SSSR count). The Morgan fingerprint density at radius 2 is 1.78 bits per heavy atom. The average molecular weight is 328 g/mol. The van der Waals surface area contributed by atoms with Crippen molar-refractivity contribution >= 4 is 17.6 Å². The van der Waals surface area contributed by atoms with E-state index in [1.54, 1.807) is 6.07 Å². The van der Waals surface area contributed by atoms with Crippen molar-refractivity contribution in [1.82, 2.24) is 4.98 Å². The molecular formula is C18H14ClNO3. The number of carboxylic acid groups (broad SMARTS) is 1. The van der Waals surface area contributed by atoms with Crippen molar-refractivity contribution in [2.45, 2.75) is 12.8 Å². The Morgan fingerprint density at radius 1 is 1.09 bits per heavy atom. The highest BCUT2D eigenvalue weighted by Crippen LogP contribution is 2.36. The van der Waals surface area contributed by atoms with Crippen LogP contribution < -0.4 is 0 Å². The molecule has 0 aliphatic carbocycles. The first-order chi connectivity index (χ1) is 11.1. The van der Waals surface area contributed by atoms with Gasteiger partial charge in [0.2, 0.25) is 0 Å². The van der Waals surface area contributed by atoms with Crippen LogP contribution in [0.25, 0.3) is 22.6 Å². The van der Waals surface area contributed by atoms with E-state index in [2.05, 4.69) is 4.98 Å². The number of nitrogens with zero attached hydrogens (tertiary/aromatic N) is 1. The summed E-state index contributed by atoms with van der Waals surface area (Å²) in [6.07, 6.45) is 0.205. The summed E-state index contributed by atoms with van der Waals surface area (Å²) in [5.74, 6) is 0.101.